The van der Waals surface area contributed by atoms with Gasteiger partial charge in [0.1, 0.15) is 0 Å². The highest BCUT2D eigenvalue weighted by atomic mass is 35.5. The highest BCUT2D eigenvalue weighted by molar-refractivity contribution is 7.99. The quantitative estimate of drug-likeness (QED) is 0.498. The third-order valence-corrected chi connectivity index (χ3v) is 6.74. The molecule has 0 bridgehead atoms. The maximum Gasteiger partial charge on any atom is 0.233 e. The lowest BCUT2D eigenvalue weighted by molar-refractivity contribution is -0.131. The highest BCUT2D eigenvalue weighted by Crippen LogP contribution is 2.30. The van der Waals surface area contributed by atoms with Crippen LogP contribution < -0.4 is 0 Å². The van der Waals surface area contributed by atoms with E-state index in [9.17, 15) is 4.79 Å². The minimum atomic E-state index is 0.167. The Labute approximate surface area is 186 Å². The molecule has 2 heterocycles. The zero-order valence-corrected chi connectivity index (χ0v) is 18.6. The van der Waals surface area contributed by atoms with Gasteiger partial charge < -0.3 is 4.90 Å². The highest BCUT2D eigenvalue weighted by Gasteiger charge is 2.24. The molecule has 0 aliphatic carbocycles. The molecule has 1 atom stereocenters. The molecule has 1 unspecified atom stereocenters. The van der Waals surface area contributed by atoms with Crippen molar-refractivity contribution in [2.45, 2.75) is 43.9 Å². The molecule has 1 amide bonds. The van der Waals surface area contributed by atoms with Crippen LogP contribution in [0.1, 0.15) is 31.7 Å². The van der Waals surface area contributed by atoms with Crippen LogP contribution in [0.3, 0.4) is 0 Å². The summed E-state index contributed by atoms with van der Waals surface area (Å²) < 4.78 is 2.05. The Balaban J connectivity index is 1.59. The Morgan fingerprint density at radius 1 is 1.10 bits per heavy atom. The van der Waals surface area contributed by atoms with Crippen molar-refractivity contribution in [2.24, 2.45) is 0 Å². The van der Waals surface area contributed by atoms with Crippen LogP contribution in [0.15, 0.2) is 59.8 Å². The Hall–Kier alpha value is -2.31. The van der Waals surface area contributed by atoms with Gasteiger partial charge in [0.25, 0.3) is 0 Å². The lowest BCUT2D eigenvalue weighted by Gasteiger charge is -2.33. The maximum absolute atomic E-state index is 12.8. The Morgan fingerprint density at radius 3 is 2.63 bits per heavy atom. The first kappa shape index (κ1) is 20.9. The summed E-state index contributed by atoms with van der Waals surface area (Å²) in [6.07, 6.45) is 3.36. The molecule has 4 rings (SSSR count). The molecule has 7 heteroatoms. The van der Waals surface area contributed by atoms with E-state index in [2.05, 4.69) is 29.3 Å². The number of benzene rings is 2. The smallest absolute Gasteiger partial charge is 0.233 e. The molecule has 1 aliphatic heterocycles. The summed E-state index contributed by atoms with van der Waals surface area (Å²) in [5.74, 6) is 1.24. The van der Waals surface area contributed by atoms with Crippen LogP contribution in [-0.2, 0) is 11.3 Å². The van der Waals surface area contributed by atoms with Gasteiger partial charge in [0.2, 0.25) is 5.91 Å². The Morgan fingerprint density at radius 2 is 1.87 bits per heavy atom. The fourth-order valence-corrected chi connectivity index (χ4v) is 4.87. The van der Waals surface area contributed by atoms with E-state index in [1.54, 1.807) is 0 Å². The van der Waals surface area contributed by atoms with Crippen LogP contribution in [0.25, 0.3) is 11.4 Å². The summed E-state index contributed by atoms with van der Waals surface area (Å²) in [4.78, 5) is 14.8. The van der Waals surface area contributed by atoms with Crippen LogP contribution in [0.2, 0.25) is 5.02 Å². The van der Waals surface area contributed by atoms with Gasteiger partial charge >= 0.3 is 0 Å². The van der Waals surface area contributed by atoms with Gasteiger partial charge in [-0.15, -0.1) is 10.2 Å². The van der Waals surface area contributed by atoms with Crippen molar-refractivity contribution in [1.29, 1.82) is 0 Å². The minimum Gasteiger partial charge on any atom is -0.339 e. The van der Waals surface area contributed by atoms with Crippen molar-refractivity contribution in [3.63, 3.8) is 0 Å². The van der Waals surface area contributed by atoms with Crippen molar-refractivity contribution in [2.75, 3.05) is 12.3 Å². The Bertz CT molecular complexity index is 1010. The Kier molecular flexibility index (Phi) is 6.75. The van der Waals surface area contributed by atoms with E-state index >= 15 is 0 Å². The van der Waals surface area contributed by atoms with Crippen molar-refractivity contribution in [3.05, 3.63) is 65.2 Å². The van der Waals surface area contributed by atoms with E-state index in [-0.39, 0.29) is 5.91 Å². The molecule has 1 aromatic heterocycles. The van der Waals surface area contributed by atoms with Crippen LogP contribution in [0.5, 0.6) is 0 Å². The number of carbonyl (C=O) groups excluding carboxylic acids is 1. The number of likely N-dealkylation sites (tertiary alicyclic amines) is 1. The molecular weight excluding hydrogens is 416 g/mol. The zero-order chi connectivity index (χ0) is 20.9. The van der Waals surface area contributed by atoms with Crippen molar-refractivity contribution < 1.29 is 4.79 Å². The van der Waals surface area contributed by atoms with E-state index < -0.39 is 0 Å². The largest absolute Gasteiger partial charge is 0.339 e. The molecule has 30 heavy (non-hydrogen) atoms. The van der Waals surface area contributed by atoms with Gasteiger partial charge in [0.15, 0.2) is 11.0 Å². The minimum absolute atomic E-state index is 0.167. The molecule has 1 fully saturated rings. The third-order valence-electron chi connectivity index (χ3n) is 5.46. The lowest BCUT2D eigenvalue weighted by atomic mass is 10.0. The fraction of sp³-hybridized carbons (Fsp3) is 0.348. The number of nitrogens with zero attached hydrogens (tertiary/aromatic N) is 4. The van der Waals surface area contributed by atoms with E-state index in [1.807, 2.05) is 51.9 Å². The van der Waals surface area contributed by atoms with Crippen LogP contribution in [0, 0.1) is 0 Å². The first-order chi connectivity index (χ1) is 14.6. The first-order valence-electron chi connectivity index (χ1n) is 10.3. The van der Waals surface area contributed by atoms with Crippen molar-refractivity contribution in [3.8, 4) is 11.4 Å². The second kappa shape index (κ2) is 9.67. The standard InChI is InChI=1S/C23H25ClN4OS/c1-17-9-7-8-14-27(17)21(29)16-30-23-26-25-22(19-12-5-6-13-20(19)24)28(23)15-18-10-3-2-4-11-18/h2-6,10-13,17H,7-9,14-16H2,1H3. The lowest BCUT2D eigenvalue weighted by Crippen LogP contribution is -2.43. The van der Waals surface area contributed by atoms with Gasteiger partial charge in [-0.2, -0.15) is 0 Å². The molecule has 156 valence electrons. The number of piperidine rings is 1. The number of hydrogen-bond acceptors (Lipinski definition) is 4. The number of halogens is 1. The molecule has 0 N–H and O–H groups in total. The zero-order valence-electron chi connectivity index (χ0n) is 17.0. The van der Waals surface area contributed by atoms with Crippen LogP contribution >= 0.6 is 23.4 Å². The van der Waals surface area contributed by atoms with Crippen LogP contribution in [-0.4, -0.2) is 43.9 Å². The third kappa shape index (κ3) is 4.71. The predicted molar refractivity (Wildman–Crippen MR) is 122 cm³/mol. The molecular formula is C23H25ClN4OS. The van der Waals surface area contributed by atoms with Gasteiger partial charge in [-0.3, -0.25) is 9.36 Å². The fourth-order valence-electron chi connectivity index (χ4n) is 3.82. The normalized spacial score (nSPS) is 16.6. The molecule has 0 spiro atoms. The summed E-state index contributed by atoms with van der Waals surface area (Å²) in [6, 6.07) is 18.1. The molecule has 0 radical (unpaired) electrons. The van der Waals surface area contributed by atoms with E-state index in [0.29, 0.717) is 29.2 Å². The van der Waals surface area contributed by atoms with E-state index in [0.717, 1.165) is 35.7 Å². The van der Waals surface area contributed by atoms with E-state index in [1.165, 1.54) is 18.2 Å². The van der Waals surface area contributed by atoms with Crippen LogP contribution in [0.4, 0.5) is 0 Å². The molecule has 2 aromatic carbocycles. The first-order valence-corrected chi connectivity index (χ1v) is 11.6. The number of carbonyl (C=O) groups is 1. The number of rotatable bonds is 6. The van der Waals surface area contributed by atoms with Crippen molar-refractivity contribution >= 4 is 29.3 Å². The topological polar surface area (TPSA) is 51.0 Å². The second-order valence-corrected chi connectivity index (χ2v) is 8.93. The molecule has 1 saturated heterocycles. The monoisotopic (exact) mass is 440 g/mol. The summed E-state index contributed by atoms with van der Waals surface area (Å²) in [5.41, 5.74) is 1.98. The summed E-state index contributed by atoms with van der Waals surface area (Å²) in [6.45, 7) is 3.60. The second-order valence-electron chi connectivity index (χ2n) is 7.58. The summed E-state index contributed by atoms with van der Waals surface area (Å²) in [7, 11) is 0. The number of amides is 1. The average molecular weight is 441 g/mol. The van der Waals surface area contributed by atoms with Gasteiger partial charge in [-0.1, -0.05) is 65.8 Å². The summed E-state index contributed by atoms with van der Waals surface area (Å²) >= 11 is 7.89. The molecule has 1 aliphatic rings. The molecule has 3 aromatic rings. The molecule has 5 nitrogen and oxygen atoms in total. The van der Waals surface area contributed by atoms with E-state index in [4.69, 9.17) is 11.6 Å². The number of aromatic nitrogens is 3. The van der Waals surface area contributed by atoms with Gasteiger partial charge in [0, 0.05) is 18.2 Å². The van der Waals surface area contributed by atoms with Crippen molar-refractivity contribution in [1.82, 2.24) is 19.7 Å². The number of hydrogen-bond donors (Lipinski definition) is 0. The van der Waals surface area contributed by atoms with Gasteiger partial charge in [-0.05, 0) is 43.9 Å². The van der Waals surface area contributed by atoms with Gasteiger partial charge in [-0.25, -0.2) is 0 Å². The maximum atomic E-state index is 12.8. The average Bonchev–Trinajstić information content (AvgIpc) is 3.15. The molecule has 0 saturated carbocycles. The SMILES string of the molecule is CC1CCCCN1C(=O)CSc1nnc(-c2ccccc2Cl)n1Cc1ccccc1. The predicted octanol–water partition coefficient (Wildman–Crippen LogP) is 5.14. The van der Waals surface area contributed by atoms with Gasteiger partial charge in [0.05, 0.1) is 17.3 Å². The number of thioether (sulfide) groups is 1. The summed E-state index contributed by atoms with van der Waals surface area (Å²) in [5, 5.41) is 10.2.